The Kier molecular flexibility index (Phi) is 8.03. The van der Waals surface area contributed by atoms with Crippen LogP contribution in [-0.2, 0) is 23.9 Å². The Balaban J connectivity index is 1.75. The molecule has 184 valence electrons. The lowest BCUT2D eigenvalue weighted by Gasteiger charge is -2.44. The molecule has 2 fully saturated rings. The van der Waals surface area contributed by atoms with E-state index in [9.17, 15) is 24.0 Å². The summed E-state index contributed by atoms with van der Waals surface area (Å²) in [4.78, 5) is 62.8. The van der Waals surface area contributed by atoms with E-state index in [0.29, 0.717) is 31.2 Å². The number of hydrogen-bond acceptors (Lipinski definition) is 7. The lowest BCUT2D eigenvalue weighted by atomic mass is 10.1. The second-order valence-electron chi connectivity index (χ2n) is 9.49. The average Bonchev–Trinajstić information content (AvgIpc) is 2.90. The smallest absolute Gasteiger partial charge is 0.308 e. The summed E-state index contributed by atoms with van der Waals surface area (Å²) in [6.07, 6.45) is 1.08. The number of benzene rings is 1. The zero-order valence-electron chi connectivity index (χ0n) is 19.8. The van der Waals surface area contributed by atoms with Crippen molar-refractivity contribution in [3.8, 4) is 0 Å². The van der Waals surface area contributed by atoms with Gasteiger partial charge in [-0.15, -0.1) is 0 Å². The number of fused-ring (bicyclic) bond motifs is 1. The molecule has 0 unspecified atom stereocenters. The minimum absolute atomic E-state index is 0.101. The van der Waals surface area contributed by atoms with Gasteiger partial charge in [0.25, 0.3) is 11.8 Å². The normalized spacial score (nSPS) is 21.9. The van der Waals surface area contributed by atoms with Crippen LogP contribution in [0.15, 0.2) is 30.3 Å². The number of carbonyl (C=O) groups is 5. The van der Waals surface area contributed by atoms with Crippen LogP contribution in [0.5, 0.6) is 0 Å². The van der Waals surface area contributed by atoms with Crippen LogP contribution in [0.2, 0.25) is 0 Å². The van der Waals surface area contributed by atoms with Crippen molar-refractivity contribution in [1.29, 1.82) is 0 Å². The van der Waals surface area contributed by atoms with Crippen LogP contribution in [0.3, 0.4) is 0 Å². The molecule has 0 bridgehead atoms. The van der Waals surface area contributed by atoms with Crippen LogP contribution in [0.1, 0.15) is 63.2 Å². The maximum absolute atomic E-state index is 13.5. The topological polar surface area (TPSA) is 125 Å². The molecule has 0 spiro atoms. The molecule has 10 heteroatoms. The number of carbonyl (C=O) groups excluding carboxylic acids is 5. The number of rotatable bonds is 7. The summed E-state index contributed by atoms with van der Waals surface area (Å²) in [6.45, 7) is 5.57. The van der Waals surface area contributed by atoms with Crippen molar-refractivity contribution in [3.05, 3.63) is 35.9 Å². The molecule has 2 N–H and O–H groups in total. The number of nitrogens with one attached hydrogen (secondary N) is 2. The summed E-state index contributed by atoms with van der Waals surface area (Å²) in [5, 5.41) is 8.47. The van der Waals surface area contributed by atoms with Gasteiger partial charge in [-0.25, -0.2) is 10.0 Å². The van der Waals surface area contributed by atoms with E-state index in [1.54, 1.807) is 51.1 Å². The SMILES string of the molecule is CC(C)(C)OC(=O)C[C@@H](C=O)N[C@@H]1CCCN2C(=O)CC[C@H](NC(=O)c3ccccc3)C(=O)N12. The van der Waals surface area contributed by atoms with E-state index in [1.807, 2.05) is 0 Å². The highest BCUT2D eigenvalue weighted by molar-refractivity contribution is 5.98. The lowest BCUT2D eigenvalue weighted by Crippen LogP contribution is -2.65. The zero-order valence-corrected chi connectivity index (χ0v) is 19.8. The molecule has 3 atom stereocenters. The molecule has 0 aromatic heterocycles. The molecular weight excluding hydrogens is 440 g/mol. The fourth-order valence-corrected chi connectivity index (χ4v) is 4.11. The molecule has 34 heavy (non-hydrogen) atoms. The molecular formula is C24H32N4O6. The summed E-state index contributed by atoms with van der Waals surface area (Å²) < 4.78 is 5.30. The van der Waals surface area contributed by atoms with E-state index in [4.69, 9.17) is 4.74 Å². The Labute approximate surface area is 198 Å². The first-order valence-corrected chi connectivity index (χ1v) is 11.5. The second kappa shape index (κ2) is 10.8. The van der Waals surface area contributed by atoms with Gasteiger partial charge >= 0.3 is 5.97 Å². The van der Waals surface area contributed by atoms with Crippen molar-refractivity contribution in [3.63, 3.8) is 0 Å². The maximum atomic E-state index is 13.5. The number of aldehydes is 1. The summed E-state index contributed by atoms with van der Waals surface area (Å²) in [6, 6.07) is 6.73. The van der Waals surface area contributed by atoms with E-state index >= 15 is 0 Å². The van der Waals surface area contributed by atoms with Crippen LogP contribution in [0, 0.1) is 0 Å². The molecule has 2 aliphatic rings. The summed E-state index contributed by atoms with van der Waals surface area (Å²) in [5.74, 6) is -1.62. The predicted octanol–water partition coefficient (Wildman–Crippen LogP) is 1.16. The minimum atomic E-state index is -0.900. The van der Waals surface area contributed by atoms with Gasteiger partial charge in [0.1, 0.15) is 24.1 Å². The van der Waals surface area contributed by atoms with Crippen LogP contribution in [-0.4, -0.2) is 70.4 Å². The summed E-state index contributed by atoms with van der Waals surface area (Å²) in [5.41, 5.74) is -0.279. The average molecular weight is 473 g/mol. The minimum Gasteiger partial charge on any atom is -0.460 e. The van der Waals surface area contributed by atoms with Gasteiger partial charge in [-0.05, 0) is 52.2 Å². The third-order valence-electron chi connectivity index (χ3n) is 5.58. The molecule has 2 saturated heterocycles. The van der Waals surface area contributed by atoms with Crippen molar-refractivity contribution in [2.45, 2.75) is 76.7 Å². The van der Waals surface area contributed by atoms with Gasteiger partial charge in [-0.2, -0.15) is 0 Å². The first-order chi connectivity index (χ1) is 16.1. The third kappa shape index (κ3) is 6.40. The van der Waals surface area contributed by atoms with Gasteiger partial charge in [-0.3, -0.25) is 24.5 Å². The van der Waals surface area contributed by atoms with Crippen molar-refractivity contribution in [1.82, 2.24) is 20.7 Å². The van der Waals surface area contributed by atoms with E-state index in [-0.39, 0.29) is 25.2 Å². The van der Waals surface area contributed by atoms with E-state index in [0.717, 1.165) is 0 Å². The Hall–Kier alpha value is -3.27. The molecule has 0 saturated carbocycles. The number of hydrogen-bond donors (Lipinski definition) is 2. The Morgan fingerprint density at radius 2 is 1.88 bits per heavy atom. The Bertz CT molecular complexity index is 929. The quantitative estimate of drug-likeness (QED) is 0.451. The van der Waals surface area contributed by atoms with Crippen LogP contribution >= 0.6 is 0 Å². The molecule has 1 aromatic carbocycles. The van der Waals surface area contributed by atoms with Gasteiger partial charge in [0.05, 0.1) is 12.5 Å². The number of amides is 3. The highest BCUT2D eigenvalue weighted by Crippen LogP contribution is 2.24. The Morgan fingerprint density at radius 3 is 2.53 bits per heavy atom. The Morgan fingerprint density at radius 1 is 1.18 bits per heavy atom. The fraction of sp³-hybridized carbons (Fsp3) is 0.542. The molecule has 3 rings (SSSR count). The van der Waals surface area contributed by atoms with Gasteiger partial charge in [0.2, 0.25) is 5.91 Å². The van der Waals surface area contributed by atoms with E-state index < -0.39 is 41.6 Å². The van der Waals surface area contributed by atoms with E-state index in [1.165, 1.54) is 10.0 Å². The second-order valence-corrected chi connectivity index (χ2v) is 9.49. The predicted molar refractivity (Wildman–Crippen MR) is 122 cm³/mol. The van der Waals surface area contributed by atoms with Gasteiger partial charge in [0.15, 0.2) is 0 Å². The number of nitrogens with zero attached hydrogens (tertiary/aromatic N) is 2. The fourth-order valence-electron chi connectivity index (χ4n) is 4.11. The van der Waals surface area contributed by atoms with Crippen molar-refractivity contribution >= 4 is 30.0 Å². The first-order valence-electron chi connectivity index (χ1n) is 11.5. The van der Waals surface area contributed by atoms with Gasteiger partial charge < -0.3 is 14.8 Å². The maximum Gasteiger partial charge on any atom is 0.308 e. The van der Waals surface area contributed by atoms with Crippen LogP contribution in [0.4, 0.5) is 0 Å². The van der Waals surface area contributed by atoms with Gasteiger partial charge in [0, 0.05) is 18.5 Å². The molecule has 3 amide bonds. The molecule has 0 radical (unpaired) electrons. The summed E-state index contributed by atoms with van der Waals surface area (Å²) >= 11 is 0. The highest BCUT2D eigenvalue weighted by atomic mass is 16.6. The molecule has 2 aliphatic heterocycles. The summed E-state index contributed by atoms with van der Waals surface area (Å²) in [7, 11) is 0. The standard InChI is InChI=1S/C24H32N4O6/c1-24(2,3)34-21(31)14-17(15-29)25-19-10-7-13-27-20(30)12-11-18(23(33)28(19)27)26-22(32)16-8-5-4-6-9-16/h4-6,8-9,15,17-19,25H,7,10-14H2,1-3H3,(H,26,32)/t17-,18-,19-/m0/s1. The first kappa shape index (κ1) is 25.4. The van der Waals surface area contributed by atoms with Crippen LogP contribution in [0.25, 0.3) is 0 Å². The largest absolute Gasteiger partial charge is 0.460 e. The van der Waals surface area contributed by atoms with Crippen molar-refractivity contribution in [2.24, 2.45) is 0 Å². The molecule has 0 aliphatic carbocycles. The lowest BCUT2D eigenvalue weighted by molar-refractivity contribution is -0.176. The number of ether oxygens (including phenoxy) is 1. The van der Waals surface area contributed by atoms with Crippen molar-refractivity contribution < 1.29 is 28.7 Å². The molecule has 1 aromatic rings. The number of esters is 1. The monoisotopic (exact) mass is 472 g/mol. The van der Waals surface area contributed by atoms with Crippen LogP contribution < -0.4 is 10.6 Å². The molecule has 10 nitrogen and oxygen atoms in total. The van der Waals surface area contributed by atoms with Crippen molar-refractivity contribution in [2.75, 3.05) is 6.54 Å². The highest BCUT2D eigenvalue weighted by Gasteiger charge is 2.42. The third-order valence-corrected chi connectivity index (χ3v) is 5.58. The molecule has 2 heterocycles. The van der Waals surface area contributed by atoms with Gasteiger partial charge in [-0.1, -0.05) is 18.2 Å². The van der Waals surface area contributed by atoms with E-state index in [2.05, 4.69) is 10.6 Å². The zero-order chi connectivity index (χ0) is 24.9. The number of hydrazine groups is 1.